The van der Waals surface area contributed by atoms with E-state index in [1.807, 2.05) is 44.2 Å². The Hall–Kier alpha value is -2.54. The van der Waals surface area contributed by atoms with Gasteiger partial charge in [0.1, 0.15) is 11.8 Å². The molecule has 6 nitrogen and oxygen atoms in total. The van der Waals surface area contributed by atoms with Crippen molar-refractivity contribution in [2.75, 3.05) is 17.2 Å². The number of hydrogen-bond donors (Lipinski definition) is 1. The molecule has 0 heterocycles. The Balaban J connectivity index is 2.24. The number of amides is 1. The highest BCUT2D eigenvalue weighted by atomic mass is 32.2. The maximum absolute atomic E-state index is 12.9. The highest BCUT2D eigenvalue weighted by Gasteiger charge is 2.30. The number of anilines is 1. The molecule has 2 aromatic rings. The van der Waals surface area contributed by atoms with Crippen LogP contribution in [-0.4, -0.2) is 33.2 Å². The van der Waals surface area contributed by atoms with E-state index in [2.05, 4.69) is 5.32 Å². The molecular formula is C21H28N2O4S. The van der Waals surface area contributed by atoms with Crippen molar-refractivity contribution in [1.29, 1.82) is 0 Å². The third kappa shape index (κ3) is 5.48. The Morgan fingerprint density at radius 1 is 1.07 bits per heavy atom. The number of carbonyl (C=O) groups is 1. The first-order chi connectivity index (χ1) is 13.3. The van der Waals surface area contributed by atoms with Gasteiger partial charge in [0.25, 0.3) is 0 Å². The van der Waals surface area contributed by atoms with Gasteiger partial charge in [0.2, 0.25) is 15.9 Å². The number of nitrogens with zero attached hydrogens (tertiary/aromatic N) is 1. The lowest BCUT2D eigenvalue weighted by Crippen LogP contribution is -2.48. The molecule has 0 aliphatic carbocycles. The second-order valence-electron chi connectivity index (χ2n) is 6.54. The van der Waals surface area contributed by atoms with Crippen molar-refractivity contribution < 1.29 is 17.9 Å². The molecule has 0 saturated carbocycles. The molecule has 0 aromatic heterocycles. The normalized spacial score (nSPS) is 13.4. The number of hydrogen-bond acceptors (Lipinski definition) is 4. The summed E-state index contributed by atoms with van der Waals surface area (Å²) in [6.07, 6.45) is 1.80. The number of benzene rings is 2. The quantitative estimate of drug-likeness (QED) is 0.694. The lowest BCUT2D eigenvalue weighted by molar-refractivity contribution is -0.122. The standard InChI is InChI=1S/C21H28N2O4S/c1-5-20(17-10-8-7-9-11-17)22-21(24)16(3)23(28(4,25)26)18-12-14-19(15-13-18)27-6-2/h7-16,20H,5-6H2,1-4H3,(H,22,24)/t16-,20-/m1/s1. The van der Waals surface area contributed by atoms with E-state index in [9.17, 15) is 13.2 Å². The van der Waals surface area contributed by atoms with Crippen LogP contribution in [0, 0.1) is 0 Å². The molecule has 0 aliphatic rings. The zero-order chi connectivity index (χ0) is 20.7. The monoisotopic (exact) mass is 404 g/mol. The van der Waals surface area contributed by atoms with E-state index in [0.29, 0.717) is 24.5 Å². The molecule has 0 unspecified atom stereocenters. The van der Waals surface area contributed by atoms with E-state index in [1.54, 1.807) is 31.2 Å². The van der Waals surface area contributed by atoms with Crippen LogP contribution in [0.4, 0.5) is 5.69 Å². The molecule has 2 aromatic carbocycles. The summed E-state index contributed by atoms with van der Waals surface area (Å²) in [4.78, 5) is 12.9. The zero-order valence-electron chi connectivity index (χ0n) is 16.8. The fourth-order valence-electron chi connectivity index (χ4n) is 3.06. The summed E-state index contributed by atoms with van der Waals surface area (Å²) in [5.74, 6) is 0.293. The van der Waals surface area contributed by atoms with Gasteiger partial charge in [-0.1, -0.05) is 37.3 Å². The van der Waals surface area contributed by atoms with E-state index in [1.165, 1.54) is 0 Å². The second-order valence-corrected chi connectivity index (χ2v) is 8.40. The van der Waals surface area contributed by atoms with Crippen LogP contribution in [-0.2, 0) is 14.8 Å². The van der Waals surface area contributed by atoms with Crippen molar-refractivity contribution in [3.8, 4) is 5.75 Å². The van der Waals surface area contributed by atoms with Gasteiger partial charge in [-0.25, -0.2) is 8.42 Å². The van der Waals surface area contributed by atoms with Crippen LogP contribution in [0.1, 0.15) is 38.8 Å². The van der Waals surface area contributed by atoms with Crippen LogP contribution < -0.4 is 14.4 Å². The minimum absolute atomic E-state index is 0.183. The molecule has 152 valence electrons. The van der Waals surface area contributed by atoms with Gasteiger partial charge in [-0.05, 0) is 50.1 Å². The molecular weight excluding hydrogens is 376 g/mol. The number of ether oxygens (including phenoxy) is 1. The first kappa shape index (κ1) is 21.8. The molecule has 0 aliphatic heterocycles. The fraction of sp³-hybridized carbons (Fsp3) is 0.381. The summed E-state index contributed by atoms with van der Waals surface area (Å²) in [7, 11) is -3.66. The average molecular weight is 405 g/mol. The van der Waals surface area contributed by atoms with Gasteiger partial charge in [-0.2, -0.15) is 0 Å². The van der Waals surface area contributed by atoms with Crippen molar-refractivity contribution in [1.82, 2.24) is 5.32 Å². The van der Waals surface area contributed by atoms with Gasteiger partial charge in [0.05, 0.1) is 24.6 Å². The summed E-state index contributed by atoms with van der Waals surface area (Å²) in [5.41, 5.74) is 1.40. The SMILES string of the molecule is CCOc1ccc(N([C@H](C)C(=O)N[C@H](CC)c2ccccc2)S(C)(=O)=O)cc1. The molecule has 1 N–H and O–H groups in total. The van der Waals surface area contributed by atoms with Crippen LogP contribution in [0.25, 0.3) is 0 Å². The van der Waals surface area contributed by atoms with Crippen molar-refractivity contribution in [3.05, 3.63) is 60.2 Å². The predicted molar refractivity (Wildman–Crippen MR) is 112 cm³/mol. The van der Waals surface area contributed by atoms with Crippen LogP contribution in [0.2, 0.25) is 0 Å². The van der Waals surface area contributed by atoms with E-state index >= 15 is 0 Å². The molecule has 0 spiro atoms. The van der Waals surface area contributed by atoms with E-state index in [0.717, 1.165) is 16.1 Å². The van der Waals surface area contributed by atoms with E-state index < -0.39 is 16.1 Å². The lowest BCUT2D eigenvalue weighted by atomic mass is 10.0. The Kier molecular flexibility index (Phi) is 7.45. The molecule has 28 heavy (non-hydrogen) atoms. The topological polar surface area (TPSA) is 75.7 Å². The highest BCUT2D eigenvalue weighted by Crippen LogP contribution is 2.25. The van der Waals surface area contributed by atoms with Gasteiger partial charge in [0, 0.05) is 0 Å². The Morgan fingerprint density at radius 3 is 2.18 bits per heavy atom. The third-order valence-electron chi connectivity index (χ3n) is 4.42. The zero-order valence-corrected chi connectivity index (χ0v) is 17.6. The van der Waals surface area contributed by atoms with Crippen LogP contribution in [0.5, 0.6) is 5.75 Å². The number of nitrogens with one attached hydrogen (secondary N) is 1. The summed E-state index contributed by atoms with van der Waals surface area (Å²) in [6, 6.07) is 15.2. The minimum atomic E-state index is -3.66. The maximum atomic E-state index is 12.9. The van der Waals surface area contributed by atoms with Gasteiger partial charge in [-0.3, -0.25) is 9.10 Å². The molecule has 2 atom stereocenters. The van der Waals surface area contributed by atoms with Gasteiger partial charge >= 0.3 is 0 Å². The van der Waals surface area contributed by atoms with Crippen molar-refractivity contribution in [2.24, 2.45) is 0 Å². The van der Waals surface area contributed by atoms with Gasteiger partial charge < -0.3 is 10.1 Å². The van der Waals surface area contributed by atoms with Crippen LogP contribution >= 0.6 is 0 Å². The fourth-order valence-corrected chi connectivity index (χ4v) is 4.24. The summed E-state index contributed by atoms with van der Waals surface area (Å²) in [5, 5.41) is 2.97. The third-order valence-corrected chi connectivity index (χ3v) is 5.66. The number of sulfonamides is 1. The summed E-state index contributed by atoms with van der Waals surface area (Å²) in [6.45, 7) is 5.96. The molecule has 0 fully saturated rings. The molecule has 7 heteroatoms. The van der Waals surface area contributed by atoms with Crippen molar-refractivity contribution in [2.45, 2.75) is 39.3 Å². The van der Waals surface area contributed by atoms with Gasteiger partial charge in [0.15, 0.2) is 0 Å². The molecule has 2 rings (SSSR count). The Labute approximate surface area is 167 Å². The molecule has 0 radical (unpaired) electrons. The Morgan fingerprint density at radius 2 is 1.68 bits per heavy atom. The van der Waals surface area contributed by atoms with Crippen molar-refractivity contribution >= 4 is 21.6 Å². The molecule has 0 saturated heterocycles. The summed E-state index contributed by atoms with van der Waals surface area (Å²) >= 11 is 0. The minimum Gasteiger partial charge on any atom is -0.494 e. The highest BCUT2D eigenvalue weighted by molar-refractivity contribution is 7.92. The largest absolute Gasteiger partial charge is 0.494 e. The molecule has 0 bridgehead atoms. The second kappa shape index (κ2) is 9.59. The Bertz CT molecular complexity index is 867. The number of carbonyl (C=O) groups excluding carboxylic acids is 1. The lowest BCUT2D eigenvalue weighted by Gasteiger charge is -2.30. The van der Waals surface area contributed by atoms with Gasteiger partial charge in [-0.15, -0.1) is 0 Å². The first-order valence-corrected chi connectivity index (χ1v) is 11.2. The van der Waals surface area contributed by atoms with Crippen molar-refractivity contribution in [3.63, 3.8) is 0 Å². The molecule has 1 amide bonds. The van der Waals surface area contributed by atoms with E-state index in [-0.39, 0.29) is 11.9 Å². The average Bonchev–Trinajstić information content (AvgIpc) is 2.67. The predicted octanol–water partition coefficient (Wildman–Crippen LogP) is 3.51. The van der Waals surface area contributed by atoms with Crippen LogP contribution in [0.3, 0.4) is 0 Å². The number of rotatable bonds is 9. The smallest absolute Gasteiger partial charge is 0.244 e. The first-order valence-electron chi connectivity index (χ1n) is 9.35. The van der Waals surface area contributed by atoms with Crippen LogP contribution in [0.15, 0.2) is 54.6 Å². The maximum Gasteiger partial charge on any atom is 0.244 e. The van der Waals surface area contributed by atoms with E-state index in [4.69, 9.17) is 4.74 Å². The summed E-state index contributed by atoms with van der Waals surface area (Å²) < 4.78 is 31.4.